The van der Waals surface area contributed by atoms with Crippen molar-refractivity contribution >= 4 is 33.7 Å². The average molecular weight is 352 g/mol. The number of halogens is 1. The van der Waals surface area contributed by atoms with Gasteiger partial charge in [0.2, 0.25) is 0 Å². The summed E-state index contributed by atoms with van der Waals surface area (Å²) in [5, 5.41) is 2.04. The largest absolute Gasteiger partial charge is 0.459 e. The maximum absolute atomic E-state index is 11.7. The predicted molar refractivity (Wildman–Crippen MR) is 75.6 cm³/mol. The molecular weight excluding hydrogens is 342 g/mol. The molecule has 0 unspecified atom stereocenters. The van der Waals surface area contributed by atoms with Gasteiger partial charge in [0.1, 0.15) is 0 Å². The van der Waals surface area contributed by atoms with Crippen LogP contribution in [0.15, 0.2) is 51.6 Å². The first-order valence-corrected chi connectivity index (χ1v) is 6.66. The maximum atomic E-state index is 11.7. The van der Waals surface area contributed by atoms with Crippen LogP contribution in [0.3, 0.4) is 0 Å². The van der Waals surface area contributed by atoms with Gasteiger partial charge in [-0.15, -0.1) is 0 Å². The number of rotatable bonds is 4. The zero-order chi connectivity index (χ0) is 15.2. The van der Waals surface area contributed by atoms with Gasteiger partial charge in [-0.1, -0.05) is 15.9 Å². The van der Waals surface area contributed by atoms with Crippen molar-refractivity contribution < 1.29 is 23.5 Å². The summed E-state index contributed by atoms with van der Waals surface area (Å²) in [6.45, 7) is -0.554. The Labute approximate surface area is 128 Å². The second-order valence-electron chi connectivity index (χ2n) is 3.94. The van der Waals surface area contributed by atoms with Gasteiger partial charge in [-0.05, 0) is 36.4 Å². The van der Waals surface area contributed by atoms with Crippen LogP contribution in [-0.2, 0) is 9.53 Å². The molecule has 2 amide bonds. The van der Waals surface area contributed by atoms with Crippen LogP contribution in [0.25, 0.3) is 0 Å². The van der Waals surface area contributed by atoms with Crippen molar-refractivity contribution in [3.63, 3.8) is 0 Å². The molecule has 0 aliphatic heterocycles. The number of ether oxygens (including phenoxy) is 1. The number of esters is 1. The molecule has 1 N–H and O–H groups in total. The summed E-state index contributed by atoms with van der Waals surface area (Å²) in [7, 11) is 0. The lowest BCUT2D eigenvalue weighted by atomic mass is 10.2. The van der Waals surface area contributed by atoms with Gasteiger partial charge in [0.15, 0.2) is 12.4 Å². The molecule has 0 aliphatic carbocycles. The van der Waals surface area contributed by atoms with E-state index >= 15 is 0 Å². The molecule has 0 saturated heterocycles. The molecule has 2 rings (SSSR count). The van der Waals surface area contributed by atoms with Gasteiger partial charge in [-0.2, -0.15) is 0 Å². The van der Waals surface area contributed by atoms with Crippen molar-refractivity contribution in [2.45, 2.75) is 0 Å². The third-order valence-electron chi connectivity index (χ3n) is 2.41. The van der Waals surface area contributed by atoms with E-state index in [9.17, 15) is 14.4 Å². The summed E-state index contributed by atoms with van der Waals surface area (Å²) in [6, 6.07) is 9.40. The van der Waals surface area contributed by atoms with Crippen molar-refractivity contribution in [1.82, 2.24) is 5.32 Å². The molecule has 21 heavy (non-hydrogen) atoms. The monoisotopic (exact) mass is 351 g/mol. The minimum absolute atomic E-state index is 0.00239. The average Bonchev–Trinajstić information content (AvgIpc) is 3.00. The number of imide groups is 1. The molecule has 0 radical (unpaired) electrons. The third-order valence-corrected chi connectivity index (χ3v) is 2.94. The van der Waals surface area contributed by atoms with Gasteiger partial charge in [-0.25, -0.2) is 4.79 Å². The number of hydrogen-bond donors (Lipinski definition) is 1. The predicted octanol–water partition coefficient (Wildman–Crippen LogP) is 2.16. The van der Waals surface area contributed by atoms with E-state index in [1.54, 1.807) is 24.3 Å². The Morgan fingerprint density at radius 2 is 1.86 bits per heavy atom. The van der Waals surface area contributed by atoms with E-state index in [1.165, 1.54) is 18.4 Å². The quantitative estimate of drug-likeness (QED) is 0.853. The number of carbonyl (C=O) groups excluding carboxylic acids is 3. The Morgan fingerprint density at radius 1 is 1.14 bits per heavy atom. The molecule has 0 spiro atoms. The molecular formula is C14H10BrNO5. The van der Waals surface area contributed by atoms with E-state index in [0.717, 1.165) is 4.47 Å². The summed E-state index contributed by atoms with van der Waals surface area (Å²) in [5.41, 5.74) is 0.309. The van der Waals surface area contributed by atoms with Crippen LogP contribution >= 0.6 is 15.9 Å². The smallest absolute Gasteiger partial charge is 0.338 e. The Balaban J connectivity index is 1.82. The normalized spacial score (nSPS) is 9.95. The first kappa shape index (κ1) is 15.0. The van der Waals surface area contributed by atoms with E-state index in [1.807, 2.05) is 5.32 Å². The minimum Gasteiger partial charge on any atom is -0.459 e. The molecule has 2 aromatic rings. The molecule has 1 aromatic heterocycles. The minimum atomic E-state index is -0.734. The lowest BCUT2D eigenvalue weighted by Crippen LogP contribution is -2.33. The Bertz CT molecular complexity index is 649. The zero-order valence-corrected chi connectivity index (χ0v) is 12.3. The fraction of sp³-hybridized carbons (Fsp3) is 0.0714. The van der Waals surface area contributed by atoms with Crippen molar-refractivity contribution in [2.75, 3.05) is 6.61 Å². The Morgan fingerprint density at radius 3 is 2.48 bits per heavy atom. The lowest BCUT2D eigenvalue weighted by Gasteiger charge is -2.05. The molecule has 7 heteroatoms. The maximum Gasteiger partial charge on any atom is 0.338 e. The summed E-state index contributed by atoms with van der Waals surface area (Å²) in [5.74, 6) is -2.07. The molecule has 0 fully saturated rings. The number of amides is 2. The highest BCUT2D eigenvalue weighted by Gasteiger charge is 2.15. The van der Waals surface area contributed by atoms with Crippen molar-refractivity contribution in [1.29, 1.82) is 0 Å². The number of furan rings is 1. The lowest BCUT2D eigenvalue weighted by molar-refractivity contribution is -0.123. The van der Waals surface area contributed by atoms with Crippen LogP contribution in [0.1, 0.15) is 20.9 Å². The zero-order valence-electron chi connectivity index (χ0n) is 10.7. The second kappa shape index (κ2) is 6.85. The number of benzene rings is 1. The molecule has 0 aliphatic rings. The van der Waals surface area contributed by atoms with E-state index in [4.69, 9.17) is 9.15 Å². The number of hydrogen-bond acceptors (Lipinski definition) is 5. The van der Waals surface area contributed by atoms with Crippen LogP contribution in [0, 0.1) is 0 Å². The van der Waals surface area contributed by atoms with E-state index in [-0.39, 0.29) is 5.76 Å². The van der Waals surface area contributed by atoms with E-state index in [0.29, 0.717) is 5.56 Å². The van der Waals surface area contributed by atoms with Crippen LogP contribution in [-0.4, -0.2) is 24.4 Å². The van der Waals surface area contributed by atoms with Gasteiger partial charge in [0.25, 0.3) is 11.8 Å². The first-order valence-electron chi connectivity index (χ1n) is 5.86. The Hall–Kier alpha value is -2.41. The molecule has 6 nitrogen and oxygen atoms in total. The second-order valence-corrected chi connectivity index (χ2v) is 4.85. The van der Waals surface area contributed by atoms with Crippen molar-refractivity contribution in [2.24, 2.45) is 0 Å². The van der Waals surface area contributed by atoms with Crippen LogP contribution in [0.5, 0.6) is 0 Å². The fourth-order valence-corrected chi connectivity index (χ4v) is 1.70. The number of carbonyl (C=O) groups is 3. The fourth-order valence-electron chi connectivity index (χ4n) is 1.43. The molecule has 0 atom stereocenters. The van der Waals surface area contributed by atoms with Crippen LogP contribution in [0.4, 0.5) is 0 Å². The molecule has 1 heterocycles. The summed E-state index contributed by atoms with van der Waals surface area (Å²) in [6.07, 6.45) is 1.31. The molecule has 108 valence electrons. The van der Waals surface area contributed by atoms with Gasteiger partial charge in [-0.3, -0.25) is 14.9 Å². The Kier molecular flexibility index (Phi) is 4.89. The van der Waals surface area contributed by atoms with Crippen LogP contribution < -0.4 is 5.32 Å². The van der Waals surface area contributed by atoms with Crippen molar-refractivity contribution in [3.05, 3.63) is 58.5 Å². The summed E-state index contributed by atoms with van der Waals surface area (Å²) in [4.78, 5) is 34.6. The molecule has 1 aromatic carbocycles. The van der Waals surface area contributed by atoms with Gasteiger partial charge < -0.3 is 9.15 Å². The molecule has 0 bridgehead atoms. The highest BCUT2D eigenvalue weighted by Crippen LogP contribution is 2.11. The number of nitrogens with one attached hydrogen (secondary N) is 1. The van der Waals surface area contributed by atoms with Gasteiger partial charge >= 0.3 is 5.97 Å². The van der Waals surface area contributed by atoms with Crippen LogP contribution in [0.2, 0.25) is 0 Å². The van der Waals surface area contributed by atoms with Crippen molar-refractivity contribution in [3.8, 4) is 0 Å². The summed E-state index contributed by atoms with van der Waals surface area (Å²) < 4.78 is 10.4. The first-order chi connectivity index (χ1) is 10.1. The van der Waals surface area contributed by atoms with Gasteiger partial charge in [0, 0.05) is 4.47 Å². The standard InChI is InChI=1S/C14H10BrNO5/c15-10-5-3-9(4-6-10)14(19)21-8-12(17)16-13(18)11-2-1-7-20-11/h1-7H,8H2,(H,16,17,18). The van der Waals surface area contributed by atoms with Gasteiger partial charge in [0.05, 0.1) is 11.8 Å². The van der Waals surface area contributed by atoms with E-state index in [2.05, 4.69) is 15.9 Å². The highest BCUT2D eigenvalue weighted by atomic mass is 79.9. The topological polar surface area (TPSA) is 85.6 Å². The molecule has 0 saturated carbocycles. The third kappa shape index (κ3) is 4.28. The van der Waals surface area contributed by atoms with E-state index < -0.39 is 24.4 Å². The highest BCUT2D eigenvalue weighted by molar-refractivity contribution is 9.10. The SMILES string of the molecule is O=C(COC(=O)c1ccc(Br)cc1)NC(=O)c1ccco1. The summed E-state index contributed by atoms with van der Waals surface area (Å²) >= 11 is 3.24.